The van der Waals surface area contributed by atoms with Crippen LogP contribution in [0, 0.1) is 13.3 Å². The molecule has 3 aromatic rings. The predicted octanol–water partition coefficient (Wildman–Crippen LogP) is 3.40. The standard InChI is InChI=1S/C22H22F3N4O3S/c1-16-18-7-6-17(27-19(18)8-10-26-16)9-11-28-12-14-29(15-13-28)33(30,31)21-5-3-2-4-20(21)32-22(23,24)25/h2-10H,11-15H2,1H3. The van der Waals surface area contributed by atoms with Crippen LogP contribution in [0.1, 0.15) is 11.4 Å². The minimum atomic E-state index is -4.98. The fraction of sp³-hybridized carbons (Fsp3) is 0.318. The molecule has 33 heavy (non-hydrogen) atoms. The number of alkyl halides is 3. The lowest BCUT2D eigenvalue weighted by Crippen LogP contribution is -2.48. The monoisotopic (exact) mass is 479 g/mol. The number of fused-ring (bicyclic) bond motifs is 1. The van der Waals surface area contributed by atoms with E-state index >= 15 is 0 Å². The van der Waals surface area contributed by atoms with Gasteiger partial charge in [-0.3, -0.25) is 9.97 Å². The molecular weight excluding hydrogens is 457 g/mol. The van der Waals surface area contributed by atoms with Crippen LogP contribution in [0.3, 0.4) is 0 Å². The van der Waals surface area contributed by atoms with Gasteiger partial charge < -0.3 is 9.64 Å². The maximum atomic E-state index is 13.0. The molecule has 175 valence electrons. The van der Waals surface area contributed by atoms with E-state index in [0.29, 0.717) is 19.6 Å². The zero-order valence-corrected chi connectivity index (χ0v) is 18.6. The minimum absolute atomic E-state index is 0.159. The zero-order valence-electron chi connectivity index (χ0n) is 17.8. The number of nitrogens with zero attached hydrogens (tertiary/aromatic N) is 4. The largest absolute Gasteiger partial charge is 0.573 e. The van der Waals surface area contributed by atoms with Crippen molar-refractivity contribution in [1.82, 2.24) is 19.2 Å². The highest BCUT2D eigenvalue weighted by molar-refractivity contribution is 7.89. The summed E-state index contributed by atoms with van der Waals surface area (Å²) in [6.07, 6.45) is -1.30. The molecular formula is C22H22F3N4O3S. The molecule has 1 aromatic carbocycles. The quantitative estimate of drug-likeness (QED) is 0.540. The van der Waals surface area contributed by atoms with E-state index in [9.17, 15) is 21.6 Å². The summed E-state index contributed by atoms with van der Waals surface area (Å²) in [5.74, 6) is -0.728. The highest BCUT2D eigenvalue weighted by Gasteiger charge is 2.36. The molecule has 1 aliphatic rings. The summed E-state index contributed by atoms with van der Waals surface area (Å²) in [5.41, 5.74) is 2.57. The van der Waals surface area contributed by atoms with Crippen LogP contribution in [-0.4, -0.2) is 66.7 Å². The van der Waals surface area contributed by atoms with Crippen molar-refractivity contribution in [3.63, 3.8) is 0 Å². The molecule has 0 unspecified atom stereocenters. The second-order valence-corrected chi connectivity index (χ2v) is 9.51. The second kappa shape index (κ2) is 9.24. The number of pyridine rings is 2. The van der Waals surface area contributed by atoms with Crippen LogP contribution >= 0.6 is 0 Å². The number of ether oxygens (including phenoxy) is 1. The SMILES string of the molecule is Cc1nccc2nc([CH]CN3CCN(S(=O)(=O)c4ccccc4OC(F)(F)F)CC3)ccc12. The fourth-order valence-electron chi connectivity index (χ4n) is 3.71. The first-order valence-corrected chi connectivity index (χ1v) is 11.7. The number of sulfonamides is 1. The molecule has 0 N–H and O–H groups in total. The number of hydrogen-bond acceptors (Lipinski definition) is 6. The van der Waals surface area contributed by atoms with Gasteiger partial charge in [0.05, 0.1) is 5.52 Å². The Kier molecular flexibility index (Phi) is 6.55. The summed E-state index contributed by atoms with van der Waals surface area (Å²) in [7, 11) is -4.13. The average Bonchev–Trinajstić information content (AvgIpc) is 2.77. The van der Waals surface area contributed by atoms with Crippen LogP contribution in [0.2, 0.25) is 0 Å². The first kappa shape index (κ1) is 23.4. The maximum absolute atomic E-state index is 13.0. The van der Waals surface area contributed by atoms with Crippen molar-refractivity contribution in [2.24, 2.45) is 0 Å². The molecule has 3 heterocycles. The van der Waals surface area contributed by atoms with E-state index in [1.54, 1.807) is 6.20 Å². The smallest absolute Gasteiger partial charge is 0.404 e. The summed E-state index contributed by atoms with van der Waals surface area (Å²) in [6.45, 7) is 3.70. The van der Waals surface area contributed by atoms with Gasteiger partial charge in [0, 0.05) is 62.1 Å². The Morgan fingerprint density at radius 1 is 1.06 bits per heavy atom. The Morgan fingerprint density at radius 3 is 2.52 bits per heavy atom. The van der Waals surface area contributed by atoms with Crippen molar-refractivity contribution in [2.45, 2.75) is 18.2 Å². The molecule has 0 atom stereocenters. The molecule has 0 bridgehead atoms. The number of aromatic nitrogens is 2. The van der Waals surface area contributed by atoms with Crippen molar-refractivity contribution < 1.29 is 26.3 Å². The predicted molar refractivity (Wildman–Crippen MR) is 116 cm³/mol. The first-order valence-electron chi connectivity index (χ1n) is 10.3. The van der Waals surface area contributed by atoms with Crippen molar-refractivity contribution in [1.29, 1.82) is 0 Å². The van der Waals surface area contributed by atoms with Crippen LogP contribution < -0.4 is 4.74 Å². The molecule has 1 fully saturated rings. The van der Waals surface area contributed by atoms with Gasteiger partial charge in [0.25, 0.3) is 0 Å². The average molecular weight is 480 g/mol. The highest BCUT2D eigenvalue weighted by Crippen LogP contribution is 2.31. The third-order valence-corrected chi connectivity index (χ3v) is 7.36. The number of benzene rings is 1. The number of hydrogen-bond donors (Lipinski definition) is 0. The van der Waals surface area contributed by atoms with Gasteiger partial charge in [0.15, 0.2) is 0 Å². The topological polar surface area (TPSA) is 75.6 Å². The van der Waals surface area contributed by atoms with Crippen LogP contribution in [0.4, 0.5) is 13.2 Å². The third-order valence-electron chi connectivity index (χ3n) is 5.42. The first-order chi connectivity index (χ1) is 15.6. The molecule has 0 amide bonds. The van der Waals surface area contributed by atoms with Crippen molar-refractivity contribution in [2.75, 3.05) is 32.7 Å². The van der Waals surface area contributed by atoms with E-state index in [1.807, 2.05) is 31.5 Å². The number of piperazine rings is 1. The number of aryl methyl sites for hydroxylation is 1. The molecule has 1 aliphatic heterocycles. The molecule has 0 spiro atoms. The van der Waals surface area contributed by atoms with Crippen molar-refractivity contribution in [3.8, 4) is 5.75 Å². The summed E-state index contributed by atoms with van der Waals surface area (Å²) >= 11 is 0. The van der Waals surface area contributed by atoms with E-state index in [-0.39, 0.29) is 13.1 Å². The second-order valence-electron chi connectivity index (χ2n) is 7.60. The lowest BCUT2D eigenvalue weighted by molar-refractivity contribution is -0.275. The van der Waals surface area contributed by atoms with Crippen molar-refractivity contribution >= 4 is 20.9 Å². The Hall–Kier alpha value is -2.76. The molecule has 7 nitrogen and oxygen atoms in total. The van der Waals surface area contributed by atoms with E-state index in [2.05, 4.69) is 19.6 Å². The van der Waals surface area contributed by atoms with Gasteiger partial charge in [-0.2, -0.15) is 4.31 Å². The zero-order chi connectivity index (χ0) is 23.6. The summed E-state index contributed by atoms with van der Waals surface area (Å²) in [4.78, 5) is 10.4. The number of para-hydroxylation sites is 1. The molecule has 1 saturated heterocycles. The van der Waals surface area contributed by atoms with E-state index in [1.165, 1.54) is 16.4 Å². The molecule has 0 saturated carbocycles. The van der Waals surface area contributed by atoms with E-state index < -0.39 is 27.0 Å². The molecule has 4 rings (SSSR count). The molecule has 11 heteroatoms. The maximum Gasteiger partial charge on any atom is 0.573 e. The van der Waals surface area contributed by atoms with Crippen LogP contribution in [0.15, 0.2) is 53.6 Å². The van der Waals surface area contributed by atoms with Gasteiger partial charge in [-0.15, -0.1) is 13.2 Å². The van der Waals surface area contributed by atoms with Gasteiger partial charge >= 0.3 is 6.36 Å². The summed E-state index contributed by atoms with van der Waals surface area (Å²) < 4.78 is 69.1. The Labute approximate surface area is 189 Å². The molecule has 2 aromatic heterocycles. The van der Waals surface area contributed by atoms with E-state index in [4.69, 9.17) is 0 Å². The van der Waals surface area contributed by atoms with Gasteiger partial charge in [-0.05, 0) is 37.3 Å². The fourth-order valence-corrected chi connectivity index (χ4v) is 5.25. The van der Waals surface area contributed by atoms with Crippen LogP contribution in [-0.2, 0) is 10.0 Å². The number of rotatable bonds is 6. The van der Waals surface area contributed by atoms with Crippen LogP contribution in [0.5, 0.6) is 5.75 Å². The third kappa shape index (κ3) is 5.43. The Balaban J connectivity index is 1.38. The van der Waals surface area contributed by atoms with Gasteiger partial charge in [0.1, 0.15) is 10.6 Å². The summed E-state index contributed by atoms with van der Waals surface area (Å²) in [6, 6.07) is 10.5. The summed E-state index contributed by atoms with van der Waals surface area (Å²) in [5, 5.41) is 0.989. The van der Waals surface area contributed by atoms with E-state index in [0.717, 1.165) is 34.4 Å². The van der Waals surface area contributed by atoms with Crippen LogP contribution in [0.25, 0.3) is 10.9 Å². The molecule has 0 aliphatic carbocycles. The van der Waals surface area contributed by atoms with Gasteiger partial charge in [0.2, 0.25) is 10.0 Å². The van der Waals surface area contributed by atoms with Crippen molar-refractivity contribution in [3.05, 3.63) is 66.5 Å². The molecule has 1 radical (unpaired) electrons. The Bertz CT molecular complexity index is 1240. The highest BCUT2D eigenvalue weighted by atomic mass is 32.2. The Morgan fingerprint density at radius 2 is 1.79 bits per heavy atom. The lowest BCUT2D eigenvalue weighted by atomic mass is 10.1. The lowest BCUT2D eigenvalue weighted by Gasteiger charge is -2.34. The number of halogens is 3. The van der Waals surface area contributed by atoms with Gasteiger partial charge in [-0.1, -0.05) is 12.1 Å². The minimum Gasteiger partial charge on any atom is -0.404 e. The van der Waals surface area contributed by atoms with Gasteiger partial charge in [-0.25, -0.2) is 8.42 Å². The normalized spacial score (nSPS) is 16.2.